The second-order valence-corrected chi connectivity index (χ2v) is 7.19. The van der Waals surface area contributed by atoms with E-state index < -0.39 is 23.1 Å². The predicted molar refractivity (Wildman–Crippen MR) is 81.7 cm³/mol. The Balaban J connectivity index is 2.96. The normalized spacial score (nSPS) is 16.0. The van der Waals surface area contributed by atoms with Gasteiger partial charge in [0, 0.05) is 24.8 Å². The summed E-state index contributed by atoms with van der Waals surface area (Å²) in [6.07, 6.45) is 1.40. The highest BCUT2D eigenvalue weighted by molar-refractivity contribution is 5.95. The average molecular weight is 311 g/mol. The molecule has 3 amide bonds. The minimum atomic E-state index is -0.624. The molecule has 0 spiro atoms. The first-order valence-electron chi connectivity index (χ1n) is 7.19. The van der Waals surface area contributed by atoms with Crippen LogP contribution in [-0.4, -0.2) is 52.4 Å². The van der Waals surface area contributed by atoms with E-state index in [2.05, 4.69) is 5.32 Å². The molecule has 0 atom stereocenters. The molecular weight excluding hydrogens is 286 g/mol. The highest BCUT2D eigenvalue weighted by atomic mass is 16.6. The number of carbonyl (C=O) groups excluding carboxylic acids is 3. The van der Waals surface area contributed by atoms with Gasteiger partial charge in [-0.3, -0.25) is 14.5 Å². The van der Waals surface area contributed by atoms with Crippen LogP contribution in [0.25, 0.3) is 0 Å². The third-order valence-electron chi connectivity index (χ3n) is 2.65. The summed E-state index contributed by atoms with van der Waals surface area (Å²) in [6.45, 7) is 11.3. The van der Waals surface area contributed by atoms with E-state index in [1.807, 2.05) is 20.8 Å². The molecule has 0 bridgehead atoms. The van der Waals surface area contributed by atoms with Gasteiger partial charge in [-0.2, -0.15) is 0 Å². The number of ether oxygens (including phenoxy) is 1. The maximum Gasteiger partial charge on any atom is 0.414 e. The van der Waals surface area contributed by atoms with Gasteiger partial charge in [-0.1, -0.05) is 0 Å². The van der Waals surface area contributed by atoms with E-state index in [1.165, 1.54) is 16.0 Å². The van der Waals surface area contributed by atoms with Crippen LogP contribution in [0.15, 0.2) is 11.9 Å². The SMILES string of the molecule is CC(C)(C)NC(=O)C1=CN(C(=O)OC(C)(C)C)CCN1C=O. The van der Waals surface area contributed by atoms with Crippen molar-refractivity contribution < 1.29 is 19.1 Å². The summed E-state index contributed by atoms with van der Waals surface area (Å²) in [7, 11) is 0. The molecule has 0 aliphatic carbocycles. The minimum absolute atomic E-state index is 0.127. The lowest BCUT2D eigenvalue weighted by Gasteiger charge is -2.33. The zero-order chi connectivity index (χ0) is 17.1. The lowest BCUT2D eigenvalue weighted by molar-refractivity contribution is -0.125. The van der Waals surface area contributed by atoms with Gasteiger partial charge in [0.1, 0.15) is 11.3 Å². The summed E-state index contributed by atoms with van der Waals surface area (Å²) in [4.78, 5) is 38.1. The van der Waals surface area contributed by atoms with Gasteiger partial charge >= 0.3 is 6.09 Å². The van der Waals surface area contributed by atoms with E-state index in [9.17, 15) is 14.4 Å². The fraction of sp³-hybridized carbons (Fsp3) is 0.667. The molecule has 0 fully saturated rings. The Morgan fingerprint density at radius 1 is 1.18 bits per heavy atom. The van der Waals surface area contributed by atoms with E-state index in [1.54, 1.807) is 20.8 Å². The van der Waals surface area contributed by atoms with Gasteiger partial charge < -0.3 is 15.0 Å². The highest BCUT2D eigenvalue weighted by Gasteiger charge is 2.30. The van der Waals surface area contributed by atoms with E-state index in [0.717, 1.165) is 0 Å². The van der Waals surface area contributed by atoms with Gasteiger partial charge in [0.25, 0.3) is 5.91 Å². The average Bonchev–Trinajstić information content (AvgIpc) is 2.33. The molecule has 1 heterocycles. The predicted octanol–water partition coefficient (Wildman–Crippen LogP) is 1.45. The number of hydrogen-bond acceptors (Lipinski definition) is 4. The van der Waals surface area contributed by atoms with Gasteiger partial charge in [0.15, 0.2) is 0 Å². The minimum Gasteiger partial charge on any atom is -0.443 e. The van der Waals surface area contributed by atoms with Gasteiger partial charge in [-0.25, -0.2) is 4.79 Å². The fourth-order valence-corrected chi connectivity index (χ4v) is 1.79. The van der Waals surface area contributed by atoms with Crippen molar-refractivity contribution in [2.24, 2.45) is 0 Å². The third kappa shape index (κ3) is 5.38. The molecular formula is C15H25N3O4. The summed E-state index contributed by atoms with van der Waals surface area (Å²) < 4.78 is 5.28. The summed E-state index contributed by atoms with van der Waals surface area (Å²) in [5.74, 6) is -0.409. The molecule has 22 heavy (non-hydrogen) atoms. The molecule has 7 nitrogen and oxygen atoms in total. The van der Waals surface area contributed by atoms with Crippen LogP contribution >= 0.6 is 0 Å². The number of hydrogen-bond donors (Lipinski definition) is 1. The monoisotopic (exact) mass is 311 g/mol. The van der Waals surface area contributed by atoms with Crippen LogP contribution in [0, 0.1) is 0 Å². The zero-order valence-electron chi connectivity index (χ0n) is 14.1. The van der Waals surface area contributed by atoms with Crippen molar-refractivity contribution in [3.05, 3.63) is 11.9 Å². The lowest BCUT2D eigenvalue weighted by Crippen LogP contribution is -2.49. The fourth-order valence-electron chi connectivity index (χ4n) is 1.79. The molecule has 0 aromatic heterocycles. The Labute approximate surface area is 131 Å². The number of rotatable bonds is 2. The van der Waals surface area contributed by atoms with Crippen LogP contribution in [0.1, 0.15) is 41.5 Å². The van der Waals surface area contributed by atoms with E-state index in [0.29, 0.717) is 6.41 Å². The first-order valence-corrected chi connectivity index (χ1v) is 7.19. The molecule has 1 N–H and O–H groups in total. The molecule has 124 valence electrons. The molecule has 0 saturated carbocycles. The van der Waals surface area contributed by atoms with Crippen molar-refractivity contribution in [3.63, 3.8) is 0 Å². The van der Waals surface area contributed by atoms with Crippen LogP contribution < -0.4 is 5.32 Å². The smallest absolute Gasteiger partial charge is 0.414 e. The first-order chi connectivity index (χ1) is 9.93. The molecule has 1 aliphatic heterocycles. The Bertz CT molecular complexity index is 486. The molecule has 0 unspecified atom stereocenters. The quantitative estimate of drug-likeness (QED) is 0.783. The summed E-state index contributed by atoms with van der Waals surface area (Å²) in [5.41, 5.74) is -0.941. The first kappa shape index (κ1) is 18.0. The van der Waals surface area contributed by atoms with Gasteiger partial charge in [0.2, 0.25) is 6.41 Å². The molecule has 7 heteroatoms. The van der Waals surface area contributed by atoms with E-state index in [-0.39, 0.29) is 18.8 Å². The summed E-state index contributed by atoms with van der Waals surface area (Å²) >= 11 is 0. The van der Waals surface area contributed by atoms with Gasteiger partial charge in [-0.15, -0.1) is 0 Å². The molecule has 0 aromatic carbocycles. The molecule has 0 radical (unpaired) electrons. The van der Waals surface area contributed by atoms with Crippen molar-refractivity contribution in [2.75, 3.05) is 13.1 Å². The molecule has 0 aromatic rings. The van der Waals surface area contributed by atoms with Crippen molar-refractivity contribution in [3.8, 4) is 0 Å². The highest BCUT2D eigenvalue weighted by Crippen LogP contribution is 2.16. The number of carbonyl (C=O) groups is 3. The number of nitrogens with zero attached hydrogens (tertiary/aromatic N) is 2. The van der Waals surface area contributed by atoms with E-state index in [4.69, 9.17) is 4.74 Å². The standard InChI is InChI=1S/C15H25N3O4/c1-14(2,3)16-12(20)11-9-17(7-8-18(11)10-19)13(21)22-15(4,5)6/h9-10H,7-8H2,1-6H3,(H,16,20). The summed E-state index contributed by atoms with van der Waals surface area (Å²) in [5, 5.41) is 2.77. The Morgan fingerprint density at radius 3 is 2.23 bits per heavy atom. The van der Waals surface area contributed by atoms with Crippen molar-refractivity contribution in [1.82, 2.24) is 15.1 Å². The van der Waals surface area contributed by atoms with Crippen molar-refractivity contribution >= 4 is 18.4 Å². The molecule has 0 saturated heterocycles. The van der Waals surface area contributed by atoms with Crippen molar-refractivity contribution in [1.29, 1.82) is 0 Å². The largest absolute Gasteiger partial charge is 0.443 e. The number of nitrogens with one attached hydrogen (secondary N) is 1. The Kier molecular flexibility index (Phi) is 5.22. The topological polar surface area (TPSA) is 79.0 Å². The molecule has 1 rings (SSSR count). The summed E-state index contributed by atoms with van der Waals surface area (Å²) in [6, 6.07) is 0. The Morgan fingerprint density at radius 2 is 1.77 bits per heavy atom. The van der Waals surface area contributed by atoms with Crippen LogP contribution in [-0.2, 0) is 14.3 Å². The zero-order valence-corrected chi connectivity index (χ0v) is 14.1. The van der Waals surface area contributed by atoms with Gasteiger partial charge in [-0.05, 0) is 41.5 Å². The van der Waals surface area contributed by atoms with Crippen LogP contribution in [0.3, 0.4) is 0 Å². The number of amides is 3. The second-order valence-electron chi connectivity index (χ2n) is 7.19. The Hall–Kier alpha value is -2.05. The molecule has 1 aliphatic rings. The van der Waals surface area contributed by atoms with Crippen LogP contribution in [0.5, 0.6) is 0 Å². The lowest BCUT2D eigenvalue weighted by atomic mass is 10.1. The van der Waals surface area contributed by atoms with Crippen LogP contribution in [0.4, 0.5) is 4.79 Å². The van der Waals surface area contributed by atoms with Crippen LogP contribution in [0.2, 0.25) is 0 Å². The maximum atomic E-state index is 12.3. The van der Waals surface area contributed by atoms with Gasteiger partial charge in [0.05, 0.1) is 0 Å². The van der Waals surface area contributed by atoms with Crippen molar-refractivity contribution in [2.45, 2.75) is 52.7 Å². The second kappa shape index (κ2) is 6.37. The van der Waals surface area contributed by atoms with E-state index >= 15 is 0 Å². The maximum absolute atomic E-state index is 12.3. The third-order valence-corrected chi connectivity index (χ3v) is 2.65.